The van der Waals surface area contributed by atoms with E-state index >= 15 is 0 Å². The van der Waals surface area contributed by atoms with Crippen molar-refractivity contribution in [1.82, 2.24) is 4.90 Å². The molecule has 0 aromatic heterocycles. The van der Waals surface area contributed by atoms with E-state index in [-0.39, 0.29) is 11.8 Å². The first-order valence-electron chi connectivity index (χ1n) is 6.68. The molecule has 19 heavy (non-hydrogen) atoms. The molecule has 1 aliphatic carbocycles. The Balaban J connectivity index is 2.07. The summed E-state index contributed by atoms with van der Waals surface area (Å²) in [5.74, 6) is -0.0378. The van der Waals surface area contributed by atoms with Gasteiger partial charge in [-0.05, 0) is 44.7 Å². The molecule has 0 saturated heterocycles. The molecule has 0 spiro atoms. The van der Waals surface area contributed by atoms with Crippen molar-refractivity contribution in [2.75, 3.05) is 6.54 Å². The predicted octanol–water partition coefficient (Wildman–Crippen LogP) is 1.72. The molecule has 1 aromatic rings. The summed E-state index contributed by atoms with van der Waals surface area (Å²) in [4.78, 5) is 26.5. The van der Waals surface area contributed by atoms with E-state index in [0.717, 1.165) is 18.4 Å². The Kier molecular flexibility index (Phi) is 2.54. The zero-order chi connectivity index (χ0) is 13.8. The van der Waals surface area contributed by atoms with Gasteiger partial charge < -0.3 is 5.73 Å². The fourth-order valence-corrected chi connectivity index (χ4v) is 2.96. The molecular weight excluding hydrogens is 240 g/mol. The van der Waals surface area contributed by atoms with E-state index < -0.39 is 5.54 Å². The molecule has 1 fully saturated rings. The topological polar surface area (TPSA) is 63.4 Å². The number of nitrogens with two attached hydrogens (primary N) is 1. The van der Waals surface area contributed by atoms with E-state index in [2.05, 4.69) is 0 Å². The summed E-state index contributed by atoms with van der Waals surface area (Å²) in [5.41, 5.74) is 7.35. The van der Waals surface area contributed by atoms with Crippen LogP contribution in [0.25, 0.3) is 0 Å². The first kappa shape index (κ1) is 12.4. The predicted molar refractivity (Wildman–Crippen MR) is 71.9 cm³/mol. The quantitative estimate of drug-likeness (QED) is 0.840. The minimum Gasteiger partial charge on any atom is -0.328 e. The molecular formula is C15H18N2O2. The molecule has 1 unspecified atom stereocenters. The summed E-state index contributed by atoms with van der Waals surface area (Å²) in [6.45, 7) is 4.17. The molecule has 0 bridgehead atoms. The fraction of sp³-hybridized carbons (Fsp3) is 0.467. The van der Waals surface area contributed by atoms with Crippen molar-refractivity contribution < 1.29 is 9.59 Å². The van der Waals surface area contributed by atoms with Gasteiger partial charge in [-0.15, -0.1) is 0 Å². The second kappa shape index (κ2) is 3.90. The van der Waals surface area contributed by atoms with E-state index in [9.17, 15) is 9.59 Å². The maximum Gasteiger partial charge on any atom is 0.262 e. The van der Waals surface area contributed by atoms with Crippen LogP contribution in [0.4, 0.5) is 0 Å². The average molecular weight is 258 g/mol. The van der Waals surface area contributed by atoms with Crippen LogP contribution in [0, 0.1) is 12.8 Å². The zero-order valence-corrected chi connectivity index (χ0v) is 11.3. The SMILES string of the molecule is Cc1ccc2c(c1)C(=O)N(C(C)(CN)C1CC1)C2=O. The summed E-state index contributed by atoms with van der Waals surface area (Å²) >= 11 is 0. The third-order valence-electron chi connectivity index (χ3n) is 4.42. The molecule has 1 saturated carbocycles. The molecule has 1 atom stereocenters. The highest BCUT2D eigenvalue weighted by Gasteiger charge is 2.52. The van der Waals surface area contributed by atoms with Crippen molar-refractivity contribution >= 4 is 11.8 Å². The number of rotatable bonds is 3. The maximum absolute atomic E-state index is 12.5. The van der Waals surface area contributed by atoms with Crippen molar-refractivity contribution in [2.45, 2.75) is 32.2 Å². The number of amides is 2. The molecule has 1 heterocycles. The number of carbonyl (C=O) groups excluding carboxylic acids is 2. The van der Waals surface area contributed by atoms with E-state index in [1.165, 1.54) is 4.90 Å². The summed E-state index contributed by atoms with van der Waals surface area (Å²) in [6, 6.07) is 5.40. The Labute approximate surface area is 112 Å². The van der Waals surface area contributed by atoms with E-state index in [1.807, 2.05) is 19.9 Å². The fourth-order valence-electron chi connectivity index (χ4n) is 2.96. The van der Waals surface area contributed by atoms with Crippen molar-refractivity contribution in [3.63, 3.8) is 0 Å². The highest BCUT2D eigenvalue weighted by atomic mass is 16.2. The number of benzene rings is 1. The van der Waals surface area contributed by atoms with Crippen molar-refractivity contribution in [3.05, 3.63) is 34.9 Å². The lowest BCUT2D eigenvalue weighted by Crippen LogP contribution is -2.55. The van der Waals surface area contributed by atoms with E-state index in [4.69, 9.17) is 5.73 Å². The van der Waals surface area contributed by atoms with Gasteiger partial charge in [0.2, 0.25) is 0 Å². The molecule has 0 radical (unpaired) electrons. The first-order valence-corrected chi connectivity index (χ1v) is 6.68. The summed E-state index contributed by atoms with van der Waals surface area (Å²) < 4.78 is 0. The number of fused-ring (bicyclic) bond motifs is 1. The van der Waals surface area contributed by atoms with Gasteiger partial charge in [0.25, 0.3) is 11.8 Å². The highest BCUT2D eigenvalue weighted by molar-refractivity contribution is 6.22. The molecule has 4 nitrogen and oxygen atoms in total. The van der Waals surface area contributed by atoms with Gasteiger partial charge in [0.15, 0.2) is 0 Å². The van der Waals surface area contributed by atoms with Gasteiger partial charge in [-0.2, -0.15) is 0 Å². The van der Waals surface area contributed by atoms with Gasteiger partial charge in [-0.1, -0.05) is 11.6 Å². The van der Waals surface area contributed by atoms with Gasteiger partial charge in [0.05, 0.1) is 16.7 Å². The Hall–Kier alpha value is -1.68. The van der Waals surface area contributed by atoms with Crippen molar-refractivity contribution in [1.29, 1.82) is 0 Å². The zero-order valence-electron chi connectivity index (χ0n) is 11.3. The lowest BCUT2D eigenvalue weighted by Gasteiger charge is -2.36. The Morgan fingerprint density at radius 1 is 1.26 bits per heavy atom. The molecule has 1 aliphatic heterocycles. The summed E-state index contributed by atoms with van der Waals surface area (Å²) in [5, 5.41) is 0. The number of imide groups is 1. The molecule has 4 heteroatoms. The van der Waals surface area contributed by atoms with Gasteiger partial charge in [0, 0.05) is 6.54 Å². The molecule has 2 N–H and O–H groups in total. The van der Waals surface area contributed by atoms with Gasteiger partial charge in [-0.3, -0.25) is 14.5 Å². The largest absolute Gasteiger partial charge is 0.328 e. The minimum atomic E-state index is -0.541. The lowest BCUT2D eigenvalue weighted by atomic mass is 9.93. The van der Waals surface area contributed by atoms with Crippen LogP contribution in [-0.2, 0) is 0 Å². The molecule has 100 valence electrons. The lowest BCUT2D eigenvalue weighted by molar-refractivity contribution is 0.0423. The van der Waals surface area contributed by atoms with Crippen LogP contribution in [0.15, 0.2) is 18.2 Å². The number of aryl methyl sites for hydroxylation is 1. The Morgan fingerprint density at radius 3 is 2.47 bits per heavy atom. The van der Waals surface area contributed by atoms with Crippen molar-refractivity contribution in [3.8, 4) is 0 Å². The van der Waals surface area contributed by atoms with Crippen LogP contribution < -0.4 is 5.73 Å². The number of nitrogens with zero attached hydrogens (tertiary/aromatic N) is 1. The first-order chi connectivity index (χ1) is 8.99. The van der Waals surface area contributed by atoms with Crippen LogP contribution >= 0.6 is 0 Å². The van der Waals surface area contributed by atoms with E-state index in [1.54, 1.807) is 12.1 Å². The smallest absolute Gasteiger partial charge is 0.262 e. The average Bonchev–Trinajstić information content (AvgIpc) is 3.19. The normalized spacial score (nSPS) is 21.5. The second-order valence-electron chi connectivity index (χ2n) is 5.83. The standard InChI is InChI=1S/C15H18N2O2/c1-9-3-6-11-12(7-9)14(19)17(13(11)18)15(2,8-16)10-4-5-10/h3,6-7,10H,4-5,8,16H2,1-2H3. The third-order valence-corrected chi connectivity index (χ3v) is 4.42. The highest BCUT2D eigenvalue weighted by Crippen LogP contribution is 2.45. The molecule has 3 rings (SSSR count). The van der Waals surface area contributed by atoms with Gasteiger partial charge in [-0.25, -0.2) is 0 Å². The van der Waals surface area contributed by atoms with Crippen LogP contribution in [-0.4, -0.2) is 28.8 Å². The van der Waals surface area contributed by atoms with Gasteiger partial charge in [0.1, 0.15) is 0 Å². The van der Waals surface area contributed by atoms with E-state index in [0.29, 0.717) is 23.6 Å². The molecule has 2 aliphatic rings. The number of hydrogen-bond acceptors (Lipinski definition) is 3. The molecule has 2 amide bonds. The second-order valence-corrected chi connectivity index (χ2v) is 5.83. The van der Waals surface area contributed by atoms with Crippen LogP contribution in [0.5, 0.6) is 0 Å². The minimum absolute atomic E-state index is 0.191. The Bertz CT molecular complexity index is 578. The Morgan fingerprint density at radius 2 is 1.89 bits per heavy atom. The van der Waals surface area contributed by atoms with Gasteiger partial charge >= 0.3 is 0 Å². The van der Waals surface area contributed by atoms with Crippen LogP contribution in [0.1, 0.15) is 46.0 Å². The monoisotopic (exact) mass is 258 g/mol. The summed E-state index contributed by atoms with van der Waals surface area (Å²) in [6.07, 6.45) is 2.08. The third kappa shape index (κ3) is 1.63. The van der Waals surface area contributed by atoms with Crippen LogP contribution in [0.2, 0.25) is 0 Å². The molecule has 1 aromatic carbocycles. The maximum atomic E-state index is 12.5. The van der Waals surface area contributed by atoms with Crippen LogP contribution in [0.3, 0.4) is 0 Å². The number of hydrogen-bond donors (Lipinski definition) is 1. The number of carbonyl (C=O) groups is 2. The summed E-state index contributed by atoms with van der Waals surface area (Å²) in [7, 11) is 0. The van der Waals surface area contributed by atoms with Crippen molar-refractivity contribution in [2.24, 2.45) is 11.7 Å².